The summed E-state index contributed by atoms with van der Waals surface area (Å²) in [7, 11) is 2.16. The first-order valence-corrected chi connectivity index (χ1v) is 11.4. The van der Waals surface area contributed by atoms with Crippen LogP contribution in [0.5, 0.6) is 0 Å². The fourth-order valence-electron chi connectivity index (χ4n) is 4.08. The quantitative estimate of drug-likeness (QED) is 0.257. The van der Waals surface area contributed by atoms with Crippen molar-refractivity contribution in [2.45, 2.75) is 6.92 Å². The average molecular weight is 454 g/mol. The SMILES string of the molecule is C=CC(=CC=Cc1cnc2[nH]cc(-c3ccc(NN=CC=N)c(C)c3)c2c1)N1CCN(C)CC1. The zero-order valence-electron chi connectivity index (χ0n) is 19.8. The van der Waals surface area contributed by atoms with Gasteiger partial charge in [0.25, 0.3) is 0 Å². The number of hydrazone groups is 1. The fraction of sp³-hybridized carbons (Fsp3) is 0.222. The van der Waals surface area contributed by atoms with Gasteiger partial charge in [-0.25, -0.2) is 4.98 Å². The summed E-state index contributed by atoms with van der Waals surface area (Å²) in [5.74, 6) is 0. The molecule has 7 heteroatoms. The first-order chi connectivity index (χ1) is 16.6. The lowest BCUT2D eigenvalue weighted by atomic mass is 10.0. The zero-order chi connectivity index (χ0) is 23.9. The molecule has 0 spiro atoms. The normalized spacial score (nSPS) is 15.5. The second kappa shape index (κ2) is 10.8. The van der Waals surface area contributed by atoms with Crippen LogP contribution >= 0.6 is 0 Å². The highest BCUT2D eigenvalue weighted by molar-refractivity contribution is 6.14. The molecule has 2 aromatic heterocycles. The number of benzene rings is 1. The maximum absolute atomic E-state index is 7.03. The van der Waals surface area contributed by atoms with Crippen LogP contribution in [-0.2, 0) is 0 Å². The number of aryl methyl sites for hydroxylation is 1. The topological polar surface area (TPSA) is 83.4 Å². The van der Waals surface area contributed by atoms with Crippen molar-refractivity contribution in [3.8, 4) is 11.1 Å². The standard InChI is InChI=1S/C27H31N7/c1-4-23(34-14-12-33(3)13-15-34)7-5-6-21-17-24-25(19-30-27(24)29-18-21)22-8-9-26(20(2)16-22)32-31-11-10-28/h4-11,16-19,28,32H,1,12-15H2,2-3H3,(H,29,30). The number of allylic oxidation sites excluding steroid dienone is 3. The molecule has 1 aromatic carbocycles. The Labute approximate surface area is 200 Å². The van der Waals surface area contributed by atoms with Gasteiger partial charge >= 0.3 is 0 Å². The molecule has 4 rings (SSSR count). The van der Waals surface area contributed by atoms with E-state index < -0.39 is 0 Å². The smallest absolute Gasteiger partial charge is 0.137 e. The van der Waals surface area contributed by atoms with Gasteiger partial charge in [-0.3, -0.25) is 5.43 Å². The summed E-state index contributed by atoms with van der Waals surface area (Å²) in [6, 6.07) is 8.36. The largest absolute Gasteiger partial charge is 0.369 e. The van der Waals surface area contributed by atoms with E-state index in [1.165, 1.54) is 6.21 Å². The van der Waals surface area contributed by atoms with Crippen molar-refractivity contribution in [3.63, 3.8) is 0 Å². The third-order valence-corrected chi connectivity index (χ3v) is 6.06. The van der Waals surface area contributed by atoms with E-state index >= 15 is 0 Å². The van der Waals surface area contributed by atoms with Crippen LogP contribution in [0.3, 0.4) is 0 Å². The Kier molecular flexibility index (Phi) is 7.34. The number of nitrogens with zero attached hydrogens (tertiary/aromatic N) is 4. The summed E-state index contributed by atoms with van der Waals surface area (Å²) >= 11 is 0. The molecule has 0 radical (unpaired) electrons. The molecule has 0 saturated carbocycles. The predicted octanol–water partition coefficient (Wildman–Crippen LogP) is 4.92. The van der Waals surface area contributed by atoms with E-state index in [9.17, 15) is 0 Å². The molecule has 34 heavy (non-hydrogen) atoms. The second-order valence-corrected chi connectivity index (χ2v) is 8.40. The van der Waals surface area contributed by atoms with Gasteiger partial charge in [0.15, 0.2) is 0 Å². The predicted molar refractivity (Wildman–Crippen MR) is 144 cm³/mol. The number of aromatic nitrogens is 2. The van der Waals surface area contributed by atoms with Gasteiger partial charge in [-0.1, -0.05) is 24.8 Å². The summed E-state index contributed by atoms with van der Waals surface area (Å²) in [6.45, 7) is 10.2. The van der Waals surface area contributed by atoms with E-state index in [2.05, 4.69) is 80.3 Å². The van der Waals surface area contributed by atoms with Crippen molar-refractivity contribution in [2.24, 2.45) is 5.10 Å². The number of aromatic amines is 1. The Morgan fingerprint density at radius 1 is 1.24 bits per heavy atom. The van der Waals surface area contributed by atoms with Crippen molar-refractivity contribution < 1.29 is 0 Å². The maximum atomic E-state index is 7.03. The van der Waals surface area contributed by atoms with E-state index in [1.807, 2.05) is 31.5 Å². The van der Waals surface area contributed by atoms with Crippen LogP contribution in [0.2, 0.25) is 0 Å². The van der Waals surface area contributed by atoms with Crippen LogP contribution in [0, 0.1) is 12.3 Å². The van der Waals surface area contributed by atoms with Gasteiger partial charge in [-0.2, -0.15) is 5.10 Å². The van der Waals surface area contributed by atoms with Crippen molar-refractivity contribution in [1.29, 1.82) is 5.41 Å². The van der Waals surface area contributed by atoms with E-state index in [0.717, 1.165) is 77.1 Å². The maximum Gasteiger partial charge on any atom is 0.137 e. The van der Waals surface area contributed by atoms with Crippen LogP contribution in [-0.4, -0.2) is 65.4 Å². The Morgan fingerprint density at radius 3 is 2.79 bits per heavy atom. The molecule has 0 unspecified atom stereocenters. The molecular formula is C27H31N7. The van der Waals surface area contributed by atoms with E-state index in [4.69, 9.17) is 5.41 Å². The molecule has 1 fully saturated rings. The highest BCUT2D eigenvalue weighted by Crippen LogP contribution is 2.31. The Balaban J connectivity index is 1.55. The molecule has 0 aliphatic carbocycles. The number of rotatable bonds is 8. The number of hydrogen-bond acceptors (Lipinski definition) is 6. The summed E-state index contributed by atoms with van der Waals surface area (Å²) in [5.41, 5.74) is 10.2. The fourth-order valence-corrected chi connectivity index (χ4v) is 4.08. The average Bonchev–Trinajstić information content (AvgIpc) is 3.27. The first-order valence-electron chi connectivity index (χ1n) is 11.4. The van der Waals surface area contributed by atoms with Crippen LogP contribution in [0.25, 0.3) is 28.2 Å². The molecular weight excluding hydrogens is 422 g/mol. The van der Waals surface area contributed by atoms with Crippen LogP contribution in [0.1, 0.15) is 11.1 Å². The summed E-state index contributed by atoms with van der Waals surface area (Å²) in [5, 5.41) is 12.1. The van der Waals surface area contributed by atoms with E-state index in [-0.39, 0.29) is 0 Å². The zero-order valence-corrected chi connectivity index (χ0v) is 19.8. The van der Waals surface area contributed by atoms with E-state index in [0.29, 0.717) is 0 Å². The molecule has 0 atom stereocenters. The third kappa shape index (κ3) is 5.32. The van der Waals surface area contributed by atoms with Crippen molar-refractivity contribution in [2.75, 3.05) is 38.7 Å². The molecule has 7 nitrogen and oxygen atoms in total. The van der Waals surface area contributed by atoms with Gasteiger partial charge in [0.2, 0.25) is 0 Å². The molecule has 1 aliphatic heterocycles. The highest BCUT2D eigenvalue weighted by Gasteiger charge is 2.14. The first kappa shape index (κ1) is 23.2. The third-order valence-electron chi connectivity index (χ3n) is 6.06. The van der Waals surface area contributed by atoms with Gasteiger partial charge in [-0.15, -0.1) is 0 Å². The molecule has 0 bridgehead atoms. The number of piperazine rings is 1. The minimum Gasteiger partial charge on any atom is -0.369 e. The van der Waals surface area contributed by atoms with Gasteiger partial charge < -0.3 is 20.2 Å². The number of hydrogen-bond donors (Lipinski definition) is 3. The summed E-state index contributed by atoms with van der Waals surface area (Å²) < 4.78 is 0. The minimum atomic E-state index is 0.863. The molecule has 3 heterocycles. The monoisotopic (exact) mass is 453 g/mol. The number of pyridine rings is 1. The number of likely N-dealkylation sites (N-methyl/N-ethyl adjacent to an activating group) is 1. The molecule has 1 saturated heterocycles. The lowest BCUT2D eigenvalue weighted by molar-refractivity contribution is 0.190. The minimum absolute atomic E-state index is 0.863. The molecule has 174 valence electrons. The van der Waals surface area contributed by atoms with Gasteiger partial charge in [-0.05, 0) is 61.0 Å². The highest BCUT2D eigenvalue weighted by atomic mass is 15.3. The number of nitrogens with one attached hydrogen (secondary N) is 3. The Morgan fingerprint density at radius 2 is 2.06 bits per heavy atom. The van der Waals surface area contributed by atoms with Crippen molar-refractivity contribution >= 4 is 35.2 Å². The number of H-pyrrole nitrogens is 1. The summed E-state index contributed by atoms with van der Waals surface area (Å²) in [4.78, 5) is 12.6. The molecule has 3 aromatic rings. The lowest BCUT2D eigenvalue weighted by Crippen LogP contribution is -2.43. The van der Waals surface area contributed by atoms with Crippen molar-refractivity contribution in [1.82, 2.24) is 19.8 Å². The second-order valence-electron chi connectivity index (χ2n) is 8.40. The molecule has 3 N–H and O–H groups in total. The Hall–Kier alpha value is -3.97. The van der Waals surface area contributed by atoms with Crippen LogP contribution in [0.4, 0.5) is 5.69 Å². The van der Waals surface area contributed by atoms with Gasteiger partial charge in [0, 0.05) is 61.4 Å². The number of fused-ring (bicyclic) bond motifs is 1. The molecule has 1 aliphatic rings. The summed E-state index contributed by atoms with van der Waals surface area (Å²) in [6.07, 6.45) is 14.6. The lowest BCUT2D eigenvalue weighted by Gasteiger charge is -2.34. The molecule has 0 amide bonds. The van der Waals surface area contributed by atoms with Gasteiger partial charge in [0.05, 0.1) is 11.9 Å². The van der Waals surface area contributed by atoms with Crippen molar-refractivity contribution in [3.05, 3.63) is 78.3 Å². The number of anilines is 1. The van der Waals surface area contributed by atoms with E-state index in [1.54, 1.807) is 0 Å². The Bertz CT molecular complexity index is 1260. The van der Waals surface area contributed by atoms with Crippen LogP contribution < -0.4 is 5.43 Å². The van der Waals surface area contributed by atoms with Crippen LogP contribution in [0.15, 0.2) is 72.3 Å². The van der Waals surface area contributed by atoms with Gasteiger partial charge in [0.1, 0.15) is 5.65 Å².